The molecular formula is C23H33N5O4. The fraction of sp³-hybridized carbons (Fsp3) is 0.652. The van der Waals surface area contributed by atoms with Gasteiger partial charge in [-0.25, -0.2) is 9.78 Å². The van der Waals surface area contributed by atoms with Gasteiger partial charge < -0.3 is 20.1 Å². The predicted octanol–water partition coefficient (Wildman–Crippen LogP) is 3.08. The van der Waals surface area contributed by atoms with Crippen LogP contribution >= 0.6 is 0 Å². The van der Waals surface area contributed by atoms with Gasteiger partial charge in [0, 0.05) is 36.8 Å². The van der Waals surface area contributed by atoms with Crippen LogP contribution in [0, 0.1) is 0 Å². The highest BCUT2D eigenvalue weighted by molar-refractivity contribution is 5.75. The van der Waals surface area contributed by atoms with Crippen LogP contribution in [0.2, 0.25) is 0 Å². The van der Waals surface area contributed by atoms with Crippen LogP contribution in [-0.4, -0.2) is 61.0 Å². The molecule has 9 heteroatoms. The Labute approximate surface area is 187 Å². The number of hydrogen-bond acceptors (Lipinski definition) is 7. The van der Waals surface area contributed by atoms with Gasteiger partial charge in [-0.3, -0.25) is 9.36 Å². The first-order chi connectivity index (χ1) is 15.0. The molecule has 2 fully saturated rings. The molecular weight excluding hydrogens is 410 g/mol. The zero-order valence-corrected chi connectivity index (χ0v) is 19.3. The minimum Gasteiger partial charge on any atom is -0.444 e. The summed E-state index contributed by atoms with van der Waals surface area (Å²) in [6, 6.07) is 3.05. The van der Waals surface area contributed by atoms with Gasteiger partial charge in [0.1, 0.15) is 11.2 Å². The molecule has 2 atom stereocenters. The molecule has 9 nitrogen and oxygen atoms in total. The lowest BCUT2D eigenvalue weighted by molar-refractivity contribution is 0.0209. The lowest BCUT2D eigenvalue weighted by Gasteiger charge is -2.33. The fourth-order valence-corrected chi connectivity index (χ4v) is 4.66. The lowest BCUT2D eigenvalue weighted by Crippen LogP contribution is -2.44. The van der Waals surface area contributed by atoms with Gasteiger partial charge in [0.25, 0.3) is 5.56 Å². The van der Waals surface area contributed by atoms with Crippen LogP contribution in [0.1, 0.15) is 65.8 Å². The number of fused-ring (bicyclic) bond motifs is 1. The first kappa shape index (κ1) is 22.5. The monoisotopic (exact) mass is 443 g/mol. The topological polar surface area (TPSA) is 110 Å². The first-order valence-electron chi connectivity index (χ1n) is 11.4. The van der Waals surface area contributed by atoms with E-state index in [4.69, 9.17) is 4.74 Å². The second-order valence-electron chi connectivity index (χ2n) is 10.2. The number of carbonyl (C=O) groups excluding carboxylic acids is 1. The number of amides is 1. The number of piperidine rings is 1. The summed E-state index contributed by atoms with van der Waals surface area (Å²) in [6.45, 7) is 8.56. The van der Waals surface area contributed by atoms with Crippen molar-refractivity contribution in [2.75, 3.05) is 18.4 Å². The number of aliphatic hydroxyl groups is 1. The second kappa shape index (κ2) is 8.35. The normalized spacial score (nSPS) is 24.7. The molecule has 0 unspecified atom stereocenters. The summed E-state index contributed by atoms with van der Waals surface area (Å²) < 4.78 is 7.08. The van der Waals surface area contributed by atoms with Crippen molar-refractivity contribution in [3.8, 4) is 0 Å². The maximum Gasteiger partial charge on any atom is 0.410 e. The molecule has 0 spiro atoms. The highest BCUT2D eigenvalue weighted by Crippen LogP contribution is 2.39. The Morgan fingerprint density at radius 1 is 1.25 bits per heavy atom. The van der Waals surface area contributed by atoms with Gasteiger partial charge in [-0.15, -0.1) is 0 Å². The van der Waals surface area contributed by atoms with Crippen molar-refractivity contribution in [2.24, 2.45) is 0 Å². The van der Waals surface area contributed by atoms with Crippen LogP contribution in [0.4, 0.5) is 10.7 Å². The van der Waals surface area contributed by atoms with E-state index < -0.39 is 11.2 Å². The molecule has 2 aliphatic rings. The quantitative estimate of drug-likeness (QED) is 0.750. The highest BCUT2D eigenvalue weighted by atomic mass is 16.6. The maximum atomic E-state index is 12.7. The van der Waals surface area contributed by atoms with Crippen molar-refractivity contribution in [1.29, 1.82) is 0 Å². The van der Waals surface area contributed by atoms with Gasteiger partial charge in [-0.2, -0.15) is 4.98 Å². The molecule has 0 radical (unpaired) electrons. The molecule has 2 N–H and O–H groups in total. The van der Waals surface area contributed by atoms with E-state index in [1.54, 1.807) is 28.7 Å². The van der Waals surface area contributed by atoms with Crippen LogP contribution in [0.15, 0.2) is 23.1 Å². The summed E-state index contributed by atoms with van der Waals surface area (Å²) in [4.78, 5) is 35.8. The van der Waals surface area contributed by atoms with Crippen molar-refractivity contribution in [3.05, 3.63) is 28.7 Å². The van der Waals surface area contributed by atoms with Crippen LogP contribution in [-0.2, 0) is 4.74 Å². The number of rotatable bonds is 3. The third-order valence-electron chi connectivity index (χ3n) is 6.34. The number of aromatic nitrogens is 3. The number of hydrogen-bond donors (Lipinski definition) is 2. The molecule has 2 aromatic heterocycles. The van der Waals surface area contributed by atoms with Gasteiger partial charge >= 0.3 is 6.09 Å². The smallest absolute Gasteiger partial charge is 0.410 e. The molecule has 1 aliphatic heterocycles. The summed E-state index contributed by atoms with van der Waals surface area (Å²) in [5.41, 5.74) is -1.08. The van der Waals surface area contributed by atoms with E-state index in [2.05, 4.69) is 15.3 Å². The largest absolute Gasteiger partial charge is 0.444 e. The van der Waals surface area contributed by atoms with E-state index in [1.165, 1.54) is 6.07 Å². The average molecular weight is 444 g/mol. The number of nitrogens with one attached hydrogen (secondary N) is 1. The summed E-state index contributed by atoms with van der Waals surface area (Å²) >= 11 is 0. The van der Waals surface area contributed by atoms with E-state index in [1.807, 2.05) is 20.8 Å². The lowest BCUT2D eigenvalue weighted by atomic mass is 10.00. The molecule has 1 aliphatic carbocycles. The molecule has 1 amide bonds. The standard InChI is InChI=1S/C23H33N5O4/c1-22(2,3)32-21(30)27-12-9-16(10-13-27)25-20-24-14-15-7-8-18(29)28(19(15)26-20)17-6-5-11-23(17,4)31/h7-8,14,16-17,31H,5-6,9-13H2,1-4H3,(H,24,25,26)/t17-,23-/m1/s1. The van der Waals surface area contributed by atoms with Gasteiger partial charge in [-0.05, 0) is 65.9 Å². The zero-order chi connectivity index (χ0) is 23.1. The molecule has 2 aromatic rings. The van der Waals surface area contributed by atoms with Crippen LogP contribution in [0.25, 0.3) is 11.0 Å². The third-order valence-corrected chi connectivity index (χ3v) is 6.34. The van der Waals surface area contributed by atoms with Crippen molar-refractivity contribution >= 4 is 23.1 Å². The first-order valence-corrected chi connectivity index (χ1v) is 11.4. The van der Waals surface area contributed by atoms with Crippen LogP contribution in [0.3, 0.4) is 0 Å². The van der Waals surface area contributed by atoms with E-state index in [9.17, 15) is 14.7 Å². The Kier molecular flexibility index (Phi) is 5.87. The predicted molar refractivity (Wildman–Crippen MR) is 122 cm³/mol. The van der Waals surface area contributed by atoms with Crippen molar-refractivity contribution in [2.45, 2.75) is 83.1 Å². The Balaban J connectivity index is 1.50. The summed E-state index contributed by atoms with van der Waals surface area (Å²) in [5.74, 6) is 0.449. The number of anilines is 1. The number of carbonyl (C=O) groups is 1. The van der Waals surface area contributed by atoms with Crippen LogP contribution in [0.5, 0.6) is 0 Å². The Morgan fingerprint density at radius 2 is 1.97 bits per heavy atom. The molecule has 0 aromatic carbocycles. The molecule has 174 valence electrons. The number of nitrogens with zero attached hydrogens (tertiary/aromatic N) is 4. The minimum atomic E-state index is -0.939. The highest BCUT2D eigenvalue weighted by Gasteiger charge is 2.39. The van der Waals surface area contributed by atoms with Crippen molar-refractivity contribution < 1.29 is 14.6 Å². The van der Waals surface area contributed by atoms with Gasteiger partial charge in [0.15, 0.2) is 0 Å². The summed E-state index contributed by atoms with van der Waals surface area (Å²) in [5, 5.41) is 14.9. The minimum absolute atomic E-state index is 0.115. The Bertz CT molecular complexity index is 1050. The zero-order valence-electron chi connectivity index (χ0n) is 19.3. The summed E-state index contributed by atoms with van der Waals surface area (Å²) in [7, 11) is 0. The number of pyridine rings is 1. The number of likely N-dealkylation sites (tertiary alicyclic amines) is 1. The SMILES string of the molecule is CC(C)(C)OC(=O)N1CCC(Nc2ncc3ccc(=O)n([C@@H]4CCC[C@@]4(C)O)c3n2)CC1. The summed E-state index contributed by atoms with van der Waals surface area (Å²) in [6.07, 6.45) is 5.19. The van der Waals surface area contributed by atoms with E-state index >= 15 is 0 Å². The molecule has 3 heterocycles. The van der Waals surface area contributed by atoms with E-state index in [-0.39, 0.29) is 23.7 Å². The molecule has 4 rings (SSSR count). The van der Waals surface area contributed by atoms with E-state index in [0.29, 0.717) is 31.1 Å². The van der Waals surface area contributed by atoms with Crippen molar-refractivity contribution in [3.63, 3.8) is 0 Å². The number of ether oxygens (including phenoxy) is 1. The Hall–Kier alpha value is -2.68. The molecule has 32 heavy (non-hydrogen) atoms. The van der Waals surface area contributed by atoms with Gasteiger partial charge in [0.2, 0.25) is 5.95 Å². The molecule has 1 saturated carbocycles. The maximum absolute atomic E-state index is 12.7. The third kappa shape index (κ3) is 4.72. The second-order valence-corrected chi connectivity index (χ2v) is 10.2. The van der Waals surface area contributed by atoms with Crippen molar-refractivity contribution in [1.82, 2.24) is 19.4 Å². The fourth-order valence-electron chi connectivity index (χ4n) is 4.66. The van der Waals surface area contributed by atoms with Gasteiger partial charge in [-0.1, -0.05) is 0 Å². The van der Waals surface area contributed by atoms with Crippen LogP contribution < -0.4 is 10.9 Å². The molecule has 0 bridgehead atoms. The average Bonchev–Trinajstić information content (AvgIpc) is 3.05. The van der Waals surface area contributed by atoms with Gasteiger partial charge in [0.05, 0.1) is 11.6 Å². The Morgan fingerprint density at radius 3 is 2.59 bits per heavy atom. The van der Waals surface area contributed by atoms with E-state index in [0.717, 1.165) is 31.1 Å². The molecule has 1 saturated heterocycles.